The van der Waals surface area contributed by atoms with Crippen LogP contribution in [0.3, 0.4) is 0 Å². The Morgan fingerprint density at radius 1 is 1.42 bits per heavy atom. The number of hydrogen-bond donors (Lipinski definition) is 5. The number of hydrogen-bond acceptors (Lipinski definition) is 8. The van der Waals surface area contributed by atoms with Crippen molar-refractivity contribution in [3.63, 3.8) is 0 Å². The molecule has 132 valence electrons. The van der Waals surface area contributed by atoms with Crippen molar-refractivity contribution in [2.45, 2.75) is 38.4 Å². The molecule has 1 saturated heterocycles. The molecule has 1 unspecified atom stereocenters. The molecule has 2 aromatic rings. The number of aliphatic hydroxyl groups excluding tert-OH is 3. The van der Waals surface area contributed by atoms with Crippen molar-refractivity contribution in [1.29, 1.82) is 0 Å². The molecule has 0 aromatic carbocycles. The summed E-state index contributed by atoms with van der Waals surface area (Å²) in [5.74, 6) is 0.644. The van der Waals surface area contributed by atoms with Crippen LogP contribution in [-0.4, -0.2) is 66.3 Å². The summed E-state index contributed by atoms with van der Waals surface area (Å²) in [5.41, 5.74) is -0.0977. The lowest BCUT2D eigenvalue weighted by Gasteiger charge is -2.16. The van der Waals surface area contributed by atoms with Gasteiger partial charge in [-0.3, -0.25) is 14.3 Å². The number of aliphatic hydroxyl groups is 3. The second kappa shape index (κ2) is 6.48. The van der Waals surface area contributed by atoms with Gasteiger partial charge in [0, 0.05) is 6.54 Å². The van der Waals surface area contributed by atoms with E-state index in [9.17, 15) is 20.1 Å². The lowest BCUT2D eigenvalue weighted by atomic mass is 10.1. The zero-order chi connectivity index (χ0) is 17.4. The summed E-state index contributed by atoms with van der Waals surface area (Å²) in [6.07, 6.45) is -3.09. The fourth-order valence-electron chi connectivity index (χ4n) is 2.61. The Balaban J connectivity index is 1.98. The molecule has 1 fully saturated rings. The molecule has 2 aromatic heterocycles. The van der Waals surface area contributed by atoms with Gasteiger partial charge in [0.1, 0.15) is 18.3 Å². The predicted molar refractivity (Wildman–Crippen MR) is 84.5 cm³/mol. The Hall–Kier alpha value is -2.01. The molecule has 3 rings (SSSR count). The second-order valence-corrected chi connectivity index (χ2v) is 6.24. The summed E-state index contributed by atoms with van der Waals surface area (Å²) < 4.78 is 6.85. The van der Waals surface area contributed by atoms with Crippen LogP contribution in [-0.2, 0) is 4.74 Å². The van der Waals surface area contributed by atoms with E-state index in [1.165, 1.54) is 10.9 Å². The summed E-state index contributed by atoms with van der Waals surface area (Å²) in [5, 5.41) is 32.2. The standard InChI is InChI=1S/C14H21N5O5/c1-6(2)3-15-14-17-11-8(12(23)18-14)16-5-19(11)13-10(22)9(21)7(4-20)24-13/h5-7,9-10,13,20-22H,3-4H2,1-2H3,(H2,15,17,18,23)/t7-,9+,10?,13-/m1/s1. The first kappa shape index (κ1) is 16.8. The van der Waals surface area contributed by atoms with Crippen molar-refractivity contribution < 1.29 is 20.1 Å². The summed E-state index contributed by atoms with van der Waals surface area (Å²) in [4.78, 5) is 23.1. The molecule has 10 nitrogen and oxygen atoms in total. The molecule has 0 amide bonds. The fraction of sp³-hybridized carbons (Fsp3) is 0.643. The van der Waals surface area contributed by atoms with E-state index in [1.54, 1.807) is 0 Å². The quantitative estimate of drug-likeness (QED) is 0.456. The average molecular weight is 339 g/mol. The number of aromatic amines is 1. The summed E-state index contributed by atoms with van der Waals surface area (Å²) in [6.45, 7) is 4.23. The highest BCUT2D eigenvalue weighted by Gasteiger charge is 2.44. The van der Waals surface area contributed by atoms with Gasteiger partial charge in [-0.15, -0.1) is 0 Å². The normalized spacial score (nSPS) is 27.2. The second-order valence-electron chi connectivity index (χ2n) is 6.24. The van der Waals surface area contributed by atoms with Gasteiger partial charge in [-0.05, 0) is 5.92 Å². The van der Waals surface area contributed by atoms with Crippen molar-refractivity contribution in [2.24, 2.45) is 5.92 Å². The number of aromatic nitrogens is 4. The third-order valence-electron chi connectivity index (χ3n) is 3.90. The van der Waals surface area contributed by atoms with Gasteiger partial charge in [0.2, 0.25) is 5.95 Å². The molecule has 4 atom stereocenters. The Morgan fingerprint density at radius 2 is 2.17 bits per heavy atom. The SMILES string of the molecule is CC(C)CNc1nc2c(ncn2[C@@H]2O[C@H](CO)[C@H](O)C2O)c(=O)[nH]1. The molecule has 3 heterocycles. The van der Waals surface area contributed by atoms with E-state index in [0.717, 1.165) is 0 Å². The maximum absolute atomic E-state index is 12.1. The van der Waals surface area contributed by atoms with Crippen LogP contribution in [0.25, 0.3) is 11.2 Å². The first-order valence-electron chi connectivity index (χ1n) is 7.75. The molecule has 10 heteroatoms. The minimum atomic E-state index is -1.27. The van der Waals surface area contributed by atoms with E-state index in [0.29, 0.717) is 12.5 Å². The third kappa shape index (κ3) is 2.88. The maximum Gasteiger partial charge on any atom is 0.280 e. The third-order valence-corrected chi connectivity index (χ3v) is 3.90. The molecule has 0 saturated carbocycles. The van der Waals surface area contributed by atoms with Crippen LogP contribution in [0.2, 0.25) is 0 Å². The Kier molecular flexibility index (Phi) is 4.54. The highest BCUT2D eigenvalue weighted by Crippen LogP contribution is 2.30. The molecular weight excluding hydrogens is 318 g/mol. The van der Waals surface area contributed by atoms with Crippen molar-refractivity contribution in [3.05, 3.63) is 16.7 Å². The van der Waals surface area contributed by atoms with Crippen LogP contribution in [0.5, 0.6) is 0 Å². The zero-order valence-corrected chi connectivity index (χ0v) is 13.4. The van der Waals surface area contributed by atoms with Crippen LogP contribution in [0.1, 0.15) is 20.1 Å². The van der Waals surface area contributed by atoms with E-state index in [4.69, 9.17) is 4.74 Å². The molecule has 1 aliphatic rings. The summed E-state index contributed by atoms with van der Waals surface area (Å²) in [7, 11) is 0. The van der Waals surface area contributed by atoms with Gasteiger partial charge in [0.25, 0.3) is 5.56 Å². The first-order chi connectivity index (χ1) is 11.4. The zero-order valence-electron chi connectivity index (χ0n) is 13.4. The number of H-pyrrole nitrogens is 1. The average Bonchev–Trinajstić information content (AvgIpc) is 3.08. The monoisotopic (exact) mass is 339 g/mol. The number of anilines is 1. The Bertz CT molecular complexity index is 772. The molecular formula is C14H21N5O5. The number of rotatable bonds is 5. The molecule has 5 N–H and O–H groups in total. The number of ether oxygens (including phenoxy) is 1. The smallest absolute Gasteiger partial charge is 0.280 e. The molecule has 1 aliphatic heterocycles. The summed E-state index contributed by atoms with van der Waals surface area (Å²) >= 11 is 0. The van der Waals surface area contributed by atoms with Crippen molar-refractivity contribution in [1.82, 2.24) is 19.5 Å². The van der Waals surface area contributed by atoms with Crippen LogP contribution in [0.15, 0.2) is 11.1 Å². The highest BCUT2D eigenvalue weighted by molar-refractivity contribution is 5.70. The van der Waals surface area contributed by atoms with E-state index >= 15 is 0 Å². The fourth-order valence-corrected chi connectivity index (χ4v) is 2.61. The minimum Gasteiger partial charge on any atom is -0.394 e. The van der Waals surface area contributed by atoms with Gasteiger partial charge in [-0.2, -0.15) is 4.98 Å². The van der Waals surface area contributed by atoms with Gasteiger partial charge < -0.3 is 25.4 Å². The van der Waals surface area contributed by atoms with Crippen LogP contribution in [0, 0.1) is 5.92 Å². The van der Waals surface area contributed by atoms with Crippen molar-refractivity contribution in [3.8, 4) is 0 Å². The molecule has 0 radical (unpaired) electrons. The Labute approximate surface area is 137 Å². The van der Waals surface area contributed by atoms with Gasteiger partial charge in [0.05, 0.1) is 12.9 Å². The van der Waals surface area contributed by atoms with Gasteiger partial charge >= 0.3 is 0 Å². The van der Waals surface area contributed by atoms with Gasteiger partial charge in [-0.25, -0.2) is 4.98 Å². The molecule has 24 heavy (non-hydrogen) atoms. The van der Waals surface area contributed by atoms with Crippen LogP contribution in [0.4, 0.5) is 5.95 Å². The Morgan fingerprint density at radius 3 is 2.79 bits per heavy atom. The van der Waals surface area contributed by atoms with Gasteiger partial charge in [-0.1, -0.05) is 13.8 Å². The number of imidazole rings is 1. The van der Waals surface area contributed by atoms with E-state index in [2.05, 4.69) is 20.3 Å². The van der Waals surface area contributed by atoms with Crippen LogP contribution >= 0.6 is 0 Å². The number of fused-ring (bicyclic) bond motifs is 1. The minimum absolute atomic E-state index is 0.0998. The lowest BCUT2D eigenvalue weighted by molar-refractivity contribution is -0.0511. The van der Waals surface area contributed by atoms with E-state index in [1.807, 2.05) is 13.8 Å². The van der Waals surface area contributed by atoms with E-state index in [-0.39, 0.29) is 17.1 Å². The van der Waals surface area contributed by atoms with Crippen molar-refractivity contribution in [2.75, 3.05) is 18.5 Å². The van der Waals surface area contributed by atoms with Gasteiger partial charge in [0.15, 0.2) is 17.4 Å². The number of nitrogens with zero attached hydrogens (tertiary/aromatic N) is 3. The van der Waals surface area contributed by atoms with Crippen molar-refractivity contribution >= 4 is 17.1 Å². The first-order valence-corrected chi connectivity index (χ1v) is 7.75. The maximum atomic E-state index is 12.1. The lowest BCUT2D eigenvalue weighted by Crippen LogP contribution is -2.33. The van der Waals surface area contributed by atoms with Crippen LogP contribution < -0.4 is 10.9 Å². The highest BCUT2D eigenvalue weighted by atomic mass is 16.6. The molecule has 0 aliphatic carbocycles. The number of nitrogens with one attached hydrogen (secondary N) is 2. The predicted octanol–water partition coefficient (Wildman–Crippen LogP) is -1.20. The molecule has 0 spiro atoms. The van der Waals surface area contributed by atoms with E-state index < -0.39 is 36.7 Å². The summed E-state index contributed by atoms with van der Waals surface area (Å²) in [6, 6.07) is 0. The molecule has 0 bridgehead atoms. The largest absolute Gasteiger partial charge is 0.394 e. The topological polar surface area (TPSA) is 146 Å².